The van der Waals surface area contributed by atoms with Crippen molar-refractivity contribution in [3.05, 3.63) is 0 Å². The van der Waals surface area contributed by atoms with Gasteiger partial charge in [0.05, 0.1) is 0 Å². The molecule has 2 heteroatoms. The van der Waals surface area contributed by atoms with E-state index < -0.39 is 0 Å². The number of rotatable bonds is 4. The maximum Gasteiger partial charge on any atom is 0.0244 e. The summed E-state index contributed by atoms with van der Waals surface area (Å²) in [5, 5.41) is 3.78. The smallest absolute Gasteiger partial charge is 0.0244 e. The molecule has 1 N–H and O–H groups in total. The normalized spacial score (nSPS) is 31.0. The molecule has 2 atom stereocenters. The van der Waals surface area contributed by atoms with Crippen LogP contribution in [0.4, 0.5) is 0 Å². The summed E-state index contributed by atoms with van der Waals surface area (Å²) >= 11 is 0. The van der Waals surface area contributed by atoms with Gasteiger partial charge in [-0.1, -0.05) is 47.5 Å². The summed E-state index contributed by atoms with van der Waals surface area (Å²) in [5.41, 5.74) is 0.974. The third-order valence-electron chi connectivity index (χ3n) is 5.79. The summed E-state index contributed by atoms with van der Waals surface area (Å²) in [6.45, 7) is 18.0. The van der Waals surface area contributed by atoms with Crippen LogP contribution in [-0.4, -0.2) is 36.6 Å². The first-order chi connectivity index (χ1) is 9.72. The van der Waals surface area contributed by atoms with Gasteiger partial charge in [-0.2, -0.15) is 0 Å². The predicted octanol–water partition coefficient (Wildman–Crippen LogP) is 4.30. The molecule has 0 amide bonds. The van der Waals surface area contributed by atoms with Gasteiger partial charge in [-0.3, -0.25) is 4.90 Å². The van der Waals surface area contributed by atoms with Crippen molar-refractivity contribution in [3.8, 4) is 0 Å². The summed E-state index contributed by atoms with van der Waals surface area (Å²) in [6, 6.07) is 1.32. The molecule has 0 bridgehead atoms. The van der Waals surface area contributed by atoms with E-state index in [2.05, 4.69) is 51.8 Å². The molecule has 1 heterocycles. The highest BCUT2D eigenvalue weighted by Crippen LogP contribution is 2.44. The third kappa shape index (κ3) is 4.45. The van der Waals surface area contributed by atoms with Crippen LogP contribution >= 0.6 is 0 Å². The zero-order valence-corrected chi connectivity index (χ0v) is 15.3. The van der Waals surface area contributed by atoms with Crippen molar-refractivity contribution in [2.75, 3.05) is 19.6 Å². The fourth-order valence-corrected chi connectivity index (χ4v) is 4.57. The van der Waals surface area contributed by atoms with Crippen molar-refractivity contribution in [1.82, 2.24) is 10.2 Å². The molecule has 0 spiro atoms. The van der Waals surface area contributed by atoms with Crippen LogP contribution in [0.15, 0.2) is 0 Å². The maximum absolute atomic E-state index is 3.78. The molecule has 0 aromatic heterocycles. The van der Waals surface area contributed by atoms with Crippen LogP contribution in [-0.2, 0) is 0 Å². The van der Waals surface area contributed by atoms with E-state index in [-0.39, 0.29) is 0 Å². The van der Waals surface area contributed by atoms with Gasteiger partial charge in [-0.15, -0.1) is 0 Å². The molecule has 2 rings (SSSR count). The van der Waals surface area contributed by atoms with E-state index in [0.717, 1.165) is 12.5 Å². The molecule has 1 aliphatic carbocycles. The quantitative estimate of drug-likeness (QED) is 0.831. The molecular weight excluding hydrogens is 256 g/mol. The largest absolute Gasteiger partial charge is 0.311 e. The van der Waals surface area contributed by atoms with E-state index in [1.54, 1.807) is 0 Å². The van der Waals surface area contributed by atoms with Crippen LogP contribution in [0.5, 0.6) is 0 Å². The molecule has 2 fully saturated rings. The second-order valence-electron chi connectivity index (χ2n) is 9.41. The average molecular weight is 295 g/mol. The molecule has 124 valence electrons. The van der Waals surface area contributed by atoms with Crippen molar-refractivity contribution in [3.63, 3.8) is 0 Å². The second kappa shape index (κ2) is 6.58. The minimum atomic E-state index is 0.360. The van der Waals surface area contributed by atoms with Crippen LogP contribution in [0.1, 0.15) is 73.6 Å². The Morgan fingerprint density at radius 3 is 2.33 bits per heavy atom. The van der Waals surface area contributed by atoms with Gasteiger partial charge in [0.15, 0.2) is 0 Å². The Labute approximate surface area is 133 Å². The van der Waals surface area contributed by atoms with Gasteiger partial charge in [0.1, 0.15) is 0 Å². The Bertz CT molecular complexity index is 323. The van der Waals surface area contributed by atoms with E-state index in [1.165, 1.54) is 45.2 Å². The molecule has 0 aromatic carbocycles. The van der Waals surface area contributed by atoms with Crippen LogP contribution in [0.25, 0.3) is 0 Å². The molecule has 21 heavy (non-hydrogen) atoms. The summed E-state index contributed by atoms with van der Waals surface area (Å²) in [6.07, 6.45) is 7.25. The summed E-state index contributed by atoms with van der Waals surface area (Å²) in [7, 11) is 0. The molecule has 1 saturated heterocycles. The zero-order chi connectivity index (χ0) is 15.7. The first-order valence-electron chi connectivity index (χ1n) is 9.19. The monoisotopic (exact) mass is 294 g/mol. The Morgan fingerprint density at radius 1 is 1.19 bits per heavy atom. The van der Waals surface area contributed by atoms with E-state index in [9.17, 15) is 0 Å². The molecule has 2 unspecified atom stereocenters. The van der Waals surface area contributed by atoms with Gasteiger partial charge in [0.25, 0.3) is 0 Å². The van der Waals surface area contributed by atoms with Crippen molar-refractivity contribution in [1.29, 1.82) is 0 Å². The fraction of sp³-hybridized carbons (Fsp3) is 1.00. The highest BCUT2D eigenvalue weighted by Gasteiger charge is 2.40. The number of piperazine rings is 1. The Kier molecular flexibility index (Phi) is 5.41. The number of nitrogens with one attached hydrogen (secondary N) is 1. The standard InChI is InChI=1S/C19H38N2/c1-15(2)11-19(9-7-8-10-19)14-21-13-17(18(4,5)6)20-12-16(21)3/h15-17,20H,7-14H2,1-6H3. The molecule has 0 aromatic rings. The molecule has 2 nitrogen and oxygen atoms in total. The van der Waals surface area contributed by atoms with E-state index >= 15 is 0 Å². The van der Waals surface area contributed by atoms with Gasteiger partial charge in [-0.05, 0) is 42.9 Å². The van der Waals surface area contributed by atoms with Gasteiger partial charge < -0.3 is 5.32 Å². The van der Waals surface area contributed by atoms with Gasteiger partial charge >= 0.3 is 0 Å². The first-order valence-corrected chi connectivity index (χ1v) is 9.19. The average Bonchev–Trinajstić information content (AvgIpc) is 2.78. The minimum absolute atomic E-state index is 0.360. The molecule has 1 aliphatic heterocycles. The zero-order valence-electron chi connectivity index (χ0n) is 15.3. The van der Waals surface area contributed by atoms with Crippen molar-refractivity contribution >= 4 is 0 Å². The third-order valence-corrected chi connectivity index (χ3v) is 5.79. The van der Waals surface area contributed by atoms with Crippen LogP contribution in [0.2, 0.25) is 0 Å². The highest BCUT2D eigenvalue weighted by molar-refractivity contribution is 4.95. The van der Waals surface area contributed by atoms with Crippen molar-refractivity contribution in [2.24, 2.45) is 16.7 Å². The molecular formula is C19H38N2. The SMILES string of the molecule is CC(C)CC1(CN2CC(C(C)(C)C)NCC2C)CCCC1. The van der Waals surface area contributed by atoms with E-state index in [4.69, 9.17) is 0 Å². The molecule has 0 radical (unpaired) electrons. The number of hydrogen-bond donors (Lipinski definition) is 1. The Morgan fingerprint density at radius 2 is 1.81 bits per heavy atom. The maximum atomic E-state index is 3.78. The molecule has 1 saturated carbocycles. The number of hydrogen-bond acceptors (Lipinski definition) is 2. The predicted molar refractivity (Wildman–Crippen MR) is 92.6 cm³/mol. The lowest BCUT2D eigenvalue weighted by Gasteiger charge is -2.47. The van der Waals surface area contributed by atoms with Gasteiger partial charge in [-0.25, -0.2) is 0 Å². The topological polar surface area (TPSA) is 15.3 Å². The lowest BCUT2D eigenvalue weighted by atomic mass is 9.77. The van der Waals surface area contributed by atoms with Crippen LogP contribution in [0.3, 0.4) is 0 Å². The summed E-state index contributed by atoms with van der Waals surface area (Å²) in [5.74, 6) is 0.833. The summed E-state index contributed by atoms with van der Waals surface area (Å²) in [4.78, 5) is 2.81. The van der Waals surface area contributed by atoms with Crippen LogP contribution < -0.4 is 5.32 Å². The fourth-order valence-electron chi connectivity index (χ4n) is 4.57. The lowest BCUT2D eigenvalue weighted by Crippen LogP contribution is -2.61. The van der Waals surface area contributed by atoms with E-state index in [0.29, 0.717) is 22.9 Å². The highest BCUT2D eigenvalue weighted by atomic mass is 15.2. The minimum Gasteiger partial charge on any atom is -0.311 e. The number of nitrogens with zero attached hydrogens (tertiary/aromatic N) is 1. The van der Waals surface area contributed by atoms with Crippen LogP contribution in [0, 0.1) is 16.7 Å². The Hall–Kier alpha value is -0.0800. The summed E-state index contributed by atoms with van der Waals surface area (Å²) < 4.78 is 0. The molecule has 2 aliphatic rings. The van der Waals surface area contributed by atoms with Gasteiger partial charge in [0, 0.05) is 31.7 Å². The van der Waals surface area contributed by atoms with Crippen molar-refractivity contribution < 1.29 is 0 Å². The lowest BCUT2D eigenvalue weighted by molar-refractivity contribution is 0.0441. The second-order valence-corrected chi connectivity index (χ2v) is 9.41. The van der Waals surface area contributed by atoms with Crippen molar-refractivity contribution in [2.45, 2.75) is 85.7 Å². The Balaban J connectivity index is 2.04. The first kappa shape index (κ1) is 17.3. The van der Waals surface area contributed by atoms with E-state index in [1.807, 2.05) is 0 Å². The van der Waals surface area contributed by atoms with Gasteiger partial charge in [0.2, 0.25) is 0 Å².